The summed E-state index contributed by atoms with van der Waals surface area (Å²) in [6, 6.07) is 0.825. The van der Waals surface area contributed by atoms with E-state index in [1.807, 2.05) is 18.7 Å². The van der Waals surface area contributed by atoms with Crippen LogP contribution in [0.4, 0.5) is 0 Å². The Labute approximate surface area is 162 Å². The summed E-state index contributed by atoms with van der Waals surface area (Å²) >= 11 is 0. The van der Waals surface area contributed by atoms with Gasteiger partial charge in [-0.1, -0.05) is 13.8 Å². The first-order chi connectivity index (χ1) is 12.8. The summed E-state index contributed by atoms with van der Waals surface area (Å²) in [6.07, 6.45) is 2.58. The Balaban J connectivity index is 1.42. The molecular formula is C20H34N4O3. The van der Waals surface area contributed by atoms with E-state index in [4.69, 9.17) is 0 Å². The van der Waals surface area contributed by atoms with Crippen molar-refractivity contribution in [1.29, 1.82) is 0 Å². The number of aliphatic hydroxyl groups excluding tert-OH is 1. The number of piperidine rings is 1. The largest absolute Gasteiger partial charge is 0.392 e. The lowest BCUT2D eigenvalue weighted by atomic mass is 9.81. The second kappa shape index (κ2) is 7.01. The quantitative estimate of drug-likeness (QED) is 0.732. The van der Waals surface area contributed by atoms with Crippen molar-refractivity contribution in [3.8, 4) is 0 Å². The summed E-state index contributed by atoms with van der Waals surface area (Å²) in [5, 5.41) is 10.2. The second-order valence-electron chi connectivity index (χ2n) is 9.44. The molecule has 2 atom stereocenters. The fourth-order valence-electron chi connectivity index (χ4n) is 5.74. The first-order valence-electron chi connectivity index (χ1n) is 10.5. The molecule has 4 fully saturated rings. The van der Waals surface area contributed by atoms with Gasteiger partial charge in [0.2, 0.25) is 11.8 Å². The van der Waals surface area contributed by atoms with Crippen molar-refractivity contribution in [2.75, 3.05) is 45.8 Å². The molecular weight excluding hydrogens is 344 g/mol. The average molecular weight is 379 g/mol. The molecule has 0 bridgehead atoms. The molecule has 0 aromatic carbocycles. The van der Waals surface area contributed by atoms with Crippen LogP contribution in [0.2, 0.25) is 0 Å². The van der Waals surface area contributed by atoms with Crippen LogP contribution in [-0.2, 0) is 9.59 Å². The molecule has 4 aliphatic heterocycles. The number of hydrogen-bond acceptors (Lipinski definition) is 5. The average Bonchev–Trinajstić information content (AvgIpc) is 2.98. The van der Waals surface area contributed by atoms with Gasteiger partial charge >= 0.3 is 0 Å². The first-order valence-corrected chi connectivity index (χ1v) is 10.5. The van der Waals surface area contributed by atoms with Crippen LogP contribution in [0.3, 0.4) is 0 Å². The van der Waals surface area contributed by atoms with Gasteiger partial charge in [0.25, 0.3) is 0 Å². The van der Waals surface area contributed by atoms with Crippen molar-refractivity contribution in [2.24, 2.45) is 5.92 Å². The molecule has 152 valence electrons. The van der Waals surface area contributed by atoms with Crippen molar-refractivity contribution in [1.82, 2.24) is 19.6 Å². The fraction of sp³-hybridized carbons (Fsp3) is 0.900. The lowest BCUT2D eigenvalue weighted by Gasteiger charge is -2.63. The zero-order valence-corrected chi connectivity index (χ0v) is 16.9. The Bertz CT molecular complexity index is 596. The predicted molar refractivity (Wildman–Crippen MR) is 102 cm³/mol. The number of likely N-dealkylation sites (tertiary alicyclic amines) is 2. The highest BCUT2D eigenvalue weighted by molar-refractivity contribution is 5.78. The summed E-state index contributed by atoms with van der Waals surface area (Å²) in [5.74, 6) is 0.438. The molecule has 0 aromatic heterocycles. The maximum absolute atomic E-state index is 12.7. The van der Waals surface area contributed by atoms with Crippen LogP contribution >= 0.6 is 0 Å². The molecule has 4 saturated heterocycles. The number of amides is 2. The summed E-state index contributed by atoms with van der Waals surface area (Å²) < 4.78 is 0. The number of hydrogen-bond donors (Lipinski definition) is 1. The molecule has 7 heteroatoms. The minimum Gasteiger partial charge on any atom is -0.392 e. The third-order valence-corrected chi connectivity index (χ3v) is 7.14. The third kappa shape index (κ3) is 3.38. The Hall–Kier alpha value is -1.18. The van der Waals surface area contributed by atoms with Crippen molar-refractivity contribution < 1.29 is 14.7 Å². The van der Waals surface area contributed by atoms with Gasteiger partial charge in [-0.15, -0.1) is 0 Å². The van der Waals surface area contributed by atoms with Gasteiger partial charge in [-0.25, -0.2) is 0 Å². The van der Waals surface area contributed by atoms with Gasteiger partial charge in [0, 0.05) is 70.7 Å². The van der Waals surface area contributed by atoms with Crippen LogP contribution in [0.25, 0.3) is 0 Å². The Morgan fingerprint density at radius 3 is 2.26 bits per heavy atom. The fourth-order valence-corrected chi connectivity index (χ4v) is 5.74. The number of carbonyl (C=O) groups is 2. The second-order valence-corrected chi connectivity index (χ2v) is 9.44. The molecule has 0 aliphatic carbocycles. The molecule has 0 radical (unpaired) electrons. The van der Waals surface area contributed by atoms with E-state index in [1.54, 1.807) is 6.92 Å². The van der Waals surface area contributed by atoms with Crippen molar-refractivity contribution in [2.45, 2.75) is 63.8 Å². The monoisotopic (exact) mass is 378 g/mol. The standard InChI is InChI=1S/C20H34N4O3/c1-14(2)19(27)22-9-17-8-18(26)10-24(17)20(11-22)12-23(13-20)16-4-6-21(7-5-16)15(3)25/h14,16-18,26H,4-13H2,1-3H3/t17-,18+/m0/s1. The van der Waals surface area contributed by atoms with E-state index in [9.17, 15) is 14.7 Å². The van der Waals surface area contributed by atoms with Crippen LogP contribution in [0, 0.1) is 5.92 Å². The highest BCUT2D eigenvalue weighted by atomic mass is 16.3. The van der Waals surface area contributed by atoms with Crippen LogP contribution in [0.5, 0.6) is 0 Å². The van der Waals surface area contributed by atoms with Gasteiger partial charge in [-0.3, -0.25) is 19.4 Å². The summed E-state index contributed by atoms with van der Waals surface area (Å²) in [5.41, 5.74) is 0.00264. The molecule has 4 heterocycles. The lowest BCUT2D eigenvalue weighted by Crippen LogP contribution is -2.79. The molecule has 7 nitrogen and oxygen atoms in total. The van der Waals surface area contributed by atoms with Gasteiger partial charge in [0.1, 0.15) is 0 Å². The number of rotatable bonds is 2. The van der Waals surface area contributed by atoms with E-state index < -0.39 is 0 Å². The van der Waals surface area contributed by atoms with Crippen LogP contribution in [0.15, 0.2) is 0 Å². The zero-order chi connectivity index (χ0) is 19.3. The summed E-state index contributed by atoms with van der Waals surface area (Å²) in [6.45, 7) is 11.5. The van der Waals surface area contributed by atoms with Gasteiger partial charge in [0.05, 0.1) is 11.6 Å². The third-order valence-electron chi connectivity index (χ3n) is 7.14. The van der Waals surface area contributed by atoms with E-state index in [2.05, 4.69) is 14.7 Å². The molecule has 2 amide bonds. The van der Waals surface area contributed by atoms with E-state index in [1.165, 1.54) is 0 Å². The molecule has 27 heavy (non-hydrogen) atoms. The molecule has 4 rings (SSSR count). The SMILES string of the molecule is CC(=O)N1CCC(N2CC3(CN(C(=O)C(C)C)C[C@@H]4C[C@@H](O)CN43)C2)CC1. The normalized spacial score (nSPS) is 32.0. The highest BCUT2D eigenvalue weighted by Gasteiger charge is 2.57. The molecule has 0 unspecified atom stereocenters. The molecule has 0 saturated carbocycles. The molecule has 1 N–H and O–H groups in total. The number of β-amino-alcohol motifs (C(OH)–C–C–N with tert-alkyl or cyclic N) is 1. The summed E-state index contributed by atoms with van der Waals surface area (Å²) in [7, 11) is 0. The van der Waals surface area contributed by atoms with Crippen molar-refractivity contribution >= 4 is 11.8 Å². The number of carbonyl (C=O) groups excluding carboxylic acids is 2. The maximum atomic E-state index is 12.7. The van der Waals surface area contributed by atoms with E-state index in [0.717, 1.165) is 65.1 Å². The van der Waals surface area contributed by atoms with E-state index in [-0.39, 0.29) is 35.4 Å². The predicted octanol–water partition coefficient (Wildman–Crippen LogP) is -0.0149. The smallest absolute Gasteiger partial charge is 0.225 e. The highest BCUT2D eigenvalue weighted by Crippen LogP contribution is 2.41. The van der Waals surface area contributed by atoms with Crippen molar-refractivity contribution in [3.05, 3.63) is 0 Å². The minimum atomic E-state index is -0.270. The molecule has 1 spiro atoms. The van der Waals surface area contributed by atoms with Gasteiger partial charge in [-0.05, 0) is 19.3 Å². The van der Waals surface area contributed by atoms with E-state index in [0.29, 0.717) is 6.04 Å². The zero-order valence-electron chi connectivity index (χ0n) is 16.9. The summed E-state index contributed by atoms with van der Waals surface area (Å²) in [4.78, 5) is 33.3. The Morgan fingerprint density at radius 1 is 1.00 bits per heavy atom. The van der Waals surface area contributed by atoms with Gasteiger partial charge in [-0.2, -0.15) is 0 Å². The number of fused-ring (bicyclic) bond motifs is 2. The number of nitrogens with zero attached hydrogens (tertiary/aromatic N) is 4. The number of piperazine rings is 1. The van der Waals surface area contributed by atoms with Crippen LogP contribution in [0.1, 0.15) is 40.0 Å². The molecule has 4 aliphatic rings. The first kappa shape index (κ1) is 19.2. The minimum absolute atomic E-state index is 0.00264. The number of aliphatic hydroxyl groups is 1. The topological polar surface area (TPSA) is 67.3 Å². The van der Waals surface area contributed by atoms with Gasteiger partial charge in [0.15, 0.2) is 0 Å². The Kier molecular flexibility index (Phi) is 4.97. The van der Waals surface area contributed by atoms with E-state index >= 15 is 0 Å². The lowest BCUT2D eigenvalue weighted by molar-refractivity contribution is -0.158. The van der Waals surface area contributed by atoms with Crippen LogP contribution < -0.4 is 0 Å². The molecule has 0 aromatic rings. The van der Waals surface area contributed by atoms with Gasteiger partial charge < -0.3 is 14.9 Å². The maximum Gasteiger partial charge on any atom is 0.225 e. The Morgan fingerprint density at radius 2 is 1.67 bits per heavy atom. The van der Waals surface area contributed by atoms with Crippen molar-refractivity contribution in [3.63, 3.8) is 0 Å². The van der Waals surface area contributed by atoms with Crippen LogP contribution in [-0.4, -0.2) is 106 Å².